The highest BCUT2D eigenvalue weighted by molar-refractivity contribution is 9.10. The fraction of sp³-hybridized carbons (Fsp3) is 0.208. The number of nitrogens with zero attached hydrogens (tertiary/aromatic N) is 1. The van der Waals surface area contributed by atoms with E-state index in [0.717, 1.165) is 26.9 Å². The number of halogens is 1. The Kier molecular flexibility index (Phi) is 6.06. The van der Waals surface area contributed by atoms with E-state index in [1.807, 2.05) is 49.4 Å². The van der Waals surface area contributed by atoms with E-state index in [1.165, 1.54) is 0 Å². The van der Waals surface area contributed by atoms with Crippen LogP contribution in [0, 0.1) is 0 Å². The molecule has 1 aliphatic rings. The molecule has 0 unspecified atom stereocenters. The van der Waals surface area contributed by atoms with Crippen molar-refractivity contribution in [2.24, 2.45) is 0 Å². The molecule has 1 aliphatic heterocycles. The number of ether oxygens (including phenoxy) is 1. The van der Waals surface area contributed by atoms with E-state index in [0.29, 0.717) is 6.61 Å². The molecular formula is C24H23BrN2O3. The van der Waals surface area contributed by atoms with E-state index in [2.05, 4.69) is 44.3 Å². The van der Waals surface area contributed by atoms with Crippen molar-refractivity contribution in [3.63, 3.8) is 0 Å². The van der Waals surface area contributed by atoms with Crippen molar-refractivity contribution in [1.29, 1.82) is 0 Å². The average molecular weight is 467 g/mol. The number of esters is 1. The number of nitrogens with one attached hydrogen (secondary N) is 1. The van der Waals surface area contributed by atoms with Gasteiger partial charge in [0.15, 0.2) is 0 Å². The van der Waals surface area contributed by atoms with Crippen LogP contribution in [0.4, 0.5) is 5.69 Å². The molecule has 0 fully saturated rings. The van der Waals surface area contributed by atoms with Crippen LogP contribution in [0.2, 0.25) is 0 Å². The van der Waals surface area contributed by atoms with Gasteiger partial charge in [-0.3, -0.25) is 9.69 Å². The molecule has 2 N–H and O–H groups in total. The van der Waals surface area contributed by atoms with Gasteiger partial charge >= 0.3 is 5.97 Å². The highest BCUT2D eigenvalue weighted by atomic mass is 79.9. The molecule has 0 bridgehead atoms. The Bertz CT molecular complexity index is 1020. The molecule has 2 atom stereocenters. The zero-order valence-electron chi connectivity index (χ0n) is 16.6. The number of hydrogen-bond donors (Lipinski definition) is 2. The fourth-order valence-corrected chi connectivity index (χ4v) is 4.30. The molecule has 0 spiro atoms. The van der Waals surface area contributed by atoms with Gasteiger partial charge < -0.3 is 15.2 Å². The summed E-state index contributed by atoms with van der Waals surface area (Å²) in [7, 11) is 0. The molecule has 0 aliphatic carbocycles. The van der Waals surface area contributed by atoms with Crippen molar-refractivity contribution in [3.8, 4) is 5.75 Å². The molecule has 1 heterocycles. The molecule has 4 rings (SSSR count). The van der Waals surface area contributed by atoms with Crippen LogP contribution < -0.4 is 5.32 Å². The number of hydrogen-bond acceptors (Lipinski definition) is 5. The smallest absolute Gasteiger partial charge is 0.320 e. The lowest BCUT2D eigenvalue weighted by atomic mass is 9.91. The first-order valence-corrected chi connectivity index (χ1v) is 10.7. The monoisotopic (exact) mass is 466 g/mol. The Labute approximate surface area is 184 Å². The molecule has 154 valence electrons. The Balaban J connectivity index is 1.86. The van der Waals surface area contributed by atoms with E-state index < -0.39 is 0 Å². The lowest BCUT2D eigenvalue weighted by Gasteiger charge is -2.44. The number of fused-ring (bicyclic) bond motifs is 1. The zero-order valence-corrected chi connectivity index (χ0v) is 18.2. The minimum atomic E-state index is -0.276. The van der Waals surface area contributed by atoms with E-state index in [1.54, 1.807) is 12.1 Å². The van der Waals surface area contributed by atoms with Crippen LogP contribution in [-0.4, -0.2) is 29.1 Å². The van der Waals surface area contributed by atoms with Crippen LogP contribution in [-0.2, 0) is 9.53 Å². The lowest BCUT2D eigenvalue weighted by molar-refractivity contribution is -0.145. The summed E-state index contributed by atoms with van der Waals surface area (Å²) in [6, 6.07) is 23.2. The molecule has 0 saturated heterocycles. The number of carbonyl (C=O) groups excluding carboxylic acids is 1. The summed E-state index contributed by atoms with van der Waals surface area (Å²) < 4.78 is 6.26. The number of rotatable bonds is 5. The number of phenolic OH excluding ortho intramolecular Hbond substituents is 1. The van der Waals surface area contributed by atoms with Crippen LogP contribution in [0.5, 0.6) is 5.75 Å². The second-order valence-corrected chi connectivity index (χ2v) is 8.08. The third-order valence-corrected chi connectivity index (χ3v) is 5.70. The number of phenols is 1. The summed E-state index contributed by atoms with van der Waals surface area (Å²) in [4.78, 5) is 14.7. The second kappa shape index (κ2) is 8.90. The van der Waals surface area contributed by atoms with Crippen LogP contribution in [0.1, 0.15) is 35.8 Å². The number of carbonyl (C=O) groups is 1. The topological polar surface area (TPSA) is 61.8 Å². The van der Waals surface area contributed by atoms with Crippen molar-refractivity contribution in [1.82, 2.24) is 4.90 Å². The maximum absolute atomic E-state index is 12.6. The molecule has 0 aromatic heterocycles. The maximum atomic E-state index is 12.6. The SMILES string of the molecule is CCOC(=O)CN1[C@H](c2ccccc2)c2cc(Br)ccc2N[C@@H]1c1ccc(O)cc1. The molecule has 0 radical (unpaired) electrons. The van der Waals surface area contributed by atoms with E-state index in [9.17, 15) is 9.90 Å². The van der Waals surface area contributed by atoms with Crippen LogP contribution in [0.15, 0.2) is 77.3 Å². The quantitative estimate of drug-likeness (QED) is 0.503. The van der Waals surface area contributed by atoms with Gasteiger partial charge in [0, 0.05) is 10.2 Å². The average Bonchev–Trinajstić information content (AvgIpc) is 2.75. The Morgan fingerprint density at radius 2 is 1.80 bits per heavy atom. The summed E-state index contributed by atoms with van der Waals surface area (Å²) in [6.45, 7) is 2.27. The van der Waals surface area contributed by atoms with Gasteiger partial charge in [-0.05, 0) is 53.9 Å². The Hall–Kier alpha value is -2.83. The normalized spacial score (nSPS) is 18.3. The van der Waals surface area contributed by atoms with Crippen molar-refractivity contribution in [2.45, 2.75) is 19.1 Å². The summed E-state index contributed by atoms with van der Waals surface area (Å²) in [5.41, 5.74) is 4.12. The molecule has 6 heteroatoms. The predicted molar refractivity (Wildman–Crippen MR) is 120 cm³/mol. The Morgan fingerprint density at radius 3 is 2.50 bits per heavy atom. The van der Waals surface area contributed by atoms with E-state index in [4.69, 9.17) is 4.74 Å². The maximum Gasteiger partial charge on any atom is 0.320 e. The molecular weight excluding hydrogens is 444 g/mol. The largest absolute Gasteiger partial charge is 0.508 e. The minimum absolute atomic E-state index is 0.123. The van der Waals surface area contributed by atoms with Crippen LogP contribution >= 0.6 is 15.9 Å². The first kappa shape index (κ1) is 20.4. The van der Waals surface area contributed by atoms with Crippen molar-refractivity contribution < 1.29 is 14.6 Å². The van der Waals surface area contributed by atoms with E-state index >= 15 is 0 Å². The van der Waals surface area contributed by atoms with Gasteiger partial charge in [0.2, 0.25) is 0 Å². The third kappa shape index (κ3) is 4.20. The van der Waals surface area contributed by atoms with Gasteiger partial charge in [0.1, 0.15) is 11.9 Å². The van der Waals surface area contributed by atoms with Crippen molar-refractivity contribution >= 4 is 27.6 Å². The third-order valence-electron chi connectivity index (χ3n) is 5.20. The van der Waals surface area contributed by atoms with Crippen LogP contribution in [0.25, 0.3) is 0 Å². The van der Waals surface area contributed by atoms with Crippen molar-refractivity contribution in [2.75, 3.05) is 18.5 Å². The number of benzene rings is 3. The zero-order chi connectivity index (χ0) is 21.1. The van der Waals surface area contributed by atoms with Gasteiger partial charge in [-0.15, -0.1) is 0 Å². The molecule has 0 amide bonds. The summed E-state index contributed by atoms with van der Waals surface area (Å²) >= 11 is 3.59. The first-order valence-electron chi connectivity index (χ1n) is 9.88. The van der Waals surface area contributed by atoms with Crippen LogP contribution in [0.3, 0.4) is 0 Å². The van der Waals surface area contributed by atoms with E-state index in [-0.39, 0.29) is 30.5 Å². The molecule has 30 heavy (non-hydrogen) atoms. The highest BCUT2D eigenvalue weighted by Gasteiger charge is 2.37. The number of anilines is 1. The number of aromatic hydroxyl groups is 1. The van der Waals surface area contributed by atoms with Crippen molar-refractivity contribution in [3.05, 3.63) is 94.0 Å². The molecule has 0 saturated carbocycles. The highest BCUT2D eigenvalue weighted by Crippen LogP contribution is 2.44. The van der Waals surface area contributed by atoms with Gasteiger partial charge in [-0.2, -0.15) is 0 Å². The molecule has 3 aromatic rings. The summed E-state index contributed by atoms with van der Waals surface area (Å²) in [5, 5.41) is 13.3. The van der Waals surface area contributed by atoms with Gasteiger partial charge in [0.25, 0.3) is 0 Å². The molecule has 5 nitrogen and oxygen atoms in total. The standard InChI is InChI=1S/C24H23BrN2O3/c1-2-30-22(29)15-27-23(16-6-4-3-5-7-16)20-14-18(25)10-13-21(20)26-24(27)17-8-11-19(28)12-9-17/h3-14,23-24,26,28H,2,15H2,1H3/t23-,24+/m1/s1. The summed E-state index contributed by atoms with van der Waals surface area (Å²) in [5.74, 6) is -0.0714. The lowest BCUT2D eigenvalue weighted by Crippen LogP contribution is -2.44. The van der Waals surface area contributed by atoms with Gasteiger partial charge in [-0.1, -0.05) is 58.4 Å². The molecule has 3 aromatic carbocycles. The summed E-state index contributed by atoms with van der Waals surface area (Å²) in [6.07, 6.45) is -0.270. The first-order chi connectivity index (χ1) is 14.6. The minimum Gasteiger partial charge on any atom is -0.508 e. The van der Waals surface area contributed by atoms with Gasteiger partial charge in [-0.25, -0.2) is 0 Å². The van der Waals surface area contributed by atoms with Gasteiger partial charge in [0.05, 0.1) is 19.2 Å². The predicted octanol–water partition coefficient (Wildman–Crippen LogP) is 5.23. The fourth-order valence-electron chi connectivity index (χ4n) is 3.93. The second-order valence-electron chi connectivity index (χ2n) is 7.16. The Morgan fingerprint density at radius 1 is 1.07 bits per heavy atom.